The minimum atomic E-state index is -0.933. The van der Waals surface area contributed by atoms with Gasteiger partial charge < -0.3 is 19.3 Å². The number of nitro benzene ring substituents is 1. The van der Waals surface area contributed by atoms with Gasteiger partial charge in [0.25, 0.3) is 5.69 Å². The normalized spacial score (nSPS) is 17.0. The average molecular weight is 525 g/mol. The van der Waals surface area contributed by atoms with Gasteiger partial charge >= 0.3 is 11.9 Å². The first-order valence-corrected chi connectivity index (χ1v) is 12.3. The fourth-order valence-corrected chi connectivity index (χ4v) is 4.45. The zero-order valence-electron chi connectivity index (χ0n) is 21.7. The van der Waals surface area contributed by atoms with Crippen molar-refractivity contribution in [1.29, 1.82) is 0 Å². The third-order valence-corrected chi connectivity index (χ3v) is 6.28. The summed E-state index contributed by atoms with van der Waals surface area (Å²) in [6.45, 7) is 3.84. The summed E-state index contributed by atoms with van der Waals surface area (Å²) in [7, 11) is 1.24. The summed E-state index contributed by atoms with van der Waals surface area (Å²) in [5.41, 5.74) is 2.35. The van der Waals surface area contributed by atoms with E-state index in [9.17, 15) is 19.7 Å². The van der Waals surface area contributed by atoms with Crippen molar-refractivity contribution in [3.8, 4) is 5.75 Å². The molecule has 2 aromatic carbocycles. The summed E-state index contributed by atoms with van der Waals surface area (Å²) in [4.78, 5) is 41.2. The van der Waals surface area contributed by atoms with E-state index in [4.69, 9.17) is 19.3 Å². The molecule has 0 fully saturated rings. The van der Waals surface area contributed by atoms with E-state index in [0.717, 1.165) is 12.0 Å². The zero-order chi connectivity index (χ0) is 27.7. The number of hydrogen-bond donors (Lipinski definition) is 1. The Bertz CT molecular complexity index is 1220. The van der Waals surface area contributed by atoms with Gasteiger partial charge in [-0.25, -0.2) is 4.79 Å². The van der Waals surface area contributed by atoms with E-state index in [1.165, 1.54) is 25.3 Å². The van der Waals surface area contributed by atoms with E-state index in [-0.39, 0.29) is 24.5 Å². The fraction of sp³-hybridized carbons (Fsp3) is 0.393. The summed E-state index contributed by atoms with van der Waals surface area (Å²) in [6, 6.07) is 13.4. The molecule has 10 nitrogen and oxygen atoms in total. The maximum atomic E-state index is 13.2. The highest BCUT2D eigenvalue weighted by molar-refractivity contribution is 6.07. The van der Waals surface area contributed by atoms with Crippen molar-refractivity contribution in [2.45, 2.75) is 39.0 Å². The lowest BCUT2D eigenvalue weighted by Crippen LogP contribution is -2.36. The predicted octanol–water partition coefficient (Wildman–Crippen LogP) is 4.15. The number of rotatable bonds is 12. The number of methoxy groups -OCH3 is 1. The number of carbonyl (C=O) groups is 2. The van der Waals surface area contributed by atoms with Crippen molar-refractivity contribution in [3.05, 3.63) is 81.0 Å². The van der Waals surface area contributed by atoms with Gasteiger partial charge in [0.1, 0.15) is 11.7 Å². The van der Waals surface area contributed by atoms with Crippen molar-refractivity contribution >= 4 is 23.3 Å². The average Bonchev–Trinajstić information content (AvgIpc) is 2.91. The number of aliphatic hydroxyl groups is 1. The third kappa shape index (κ3) is 7.04. The molecule has 10 heteroatoms. The minimum Gasteiger partial charge on any atom is -0.493 e. The fourth-order valence-electron chi connectivity index (χ4n) is 4.45. The smallest absolute Gasteiger partial charge is 0.336 e. The summed E-state index contributed by atoms with van der Waals surface area (Å²) in [5, 5.41) is 20.3. The van der Waals surface area contributed by atoms with E-state index in [2.05, 4.69) is 4.99 Å². The minimum absolute atomic E-state index is 0.0669. The van der Waals surface area contributed by atoms with Gasteiger partial charge in [0.05, 0.1) is 30.8 Å². The number of ether oxygens (including phenoxy) is 3. The maximum Gasteiger partial charge on any atom is 0.336 e. The number of nitro groups is 1. The zero-order valence-corrected chi connectivity index (χ0v) is 21.7. The van der Waals surface area contributed by atoms with E-state index in [1.54, 1.807) is 19.9 Å². The Balaban J connectivity index is 1.70. The van der Waals surface area contributed by atoms with Gasteiger partial charge in [0.2, 0.25) is 0 Å². The number of esters is 2. The van der Waals surface area contributed by atoms with Crippen LogP contribution in [0.25, 0.3) is 0 Å². The second-order valence-corrected chi connectivity index (χ2v) is 8.89. The van der Waals surface area contributed by atoms with E-state index >= 15 is 0 Å². The molecule has 0 amide bonds. The molecule has 38 heavy (non-hydrogen) atoms. The second kappa shape index (κ2) is 13.5. The van der Waals surface area contributed by atoms with Crippen LogP contribution in [0.3, 0.4) is 0 Å². The van der Waals surface area contributed by atoms with Gasteiger partial charge in [-0.1, -0.05) is 24.3 Å². The monoisotopic (exact) mass is 524 g/mol. The van der Waals surface area contributed by atoms with Crippen molar-refractivity contribution in [3.63, 3.8) is 0 Å². The van der Waals surface area contributed by atoms with Crippen LogP contribution in [0, 0.1) is 16.0 Å². The molecule has 2 aromatic rings. The lowest BCUT2D eigenvalue weighted by Gasteiger charge is -2.31. The molecule has 2 unspecified atom stereocenters. The summed E-state index contributed by atoms with van der Waals surface area (Å²) in [6.07, 6.45) is 1.92. The molecule has 0 aromatic heterocycles. The van der Waals surface area contributed by atoms with Gasteiger partial charge in [0.15, 0.2) is 0 Å². The Labute approximate surface area is 221 Å². The van der Waals surface area contributed by atoms with Crippen LogP contribution in [0.2, 0.25) is 0 Å². The van der Waals surface area contributed by atoms with Crippen LogP contribution in [0.4, 0.5) is 5.69 Å². The highest BCUT2D eigenvalue weighted by atomic mass is 16.6. The largest absolute Gasteiger partial charge is 0.493 e. The number of aliphatic hydroxyl groups excluding tert-OH is 1. The van der Waals surface area contributed by atoms with Gasteiger partial charge in [0, 0.05) is 42.5 Å². The van der Waals surface area contributed by atoms with Crippen molar-refractivity contribution in [1.82, 2.24) is 0 Å². The molecule has 0 bridgehead atoms. The molecular weight excluding hydrogens is 492 g/mol. The van der Waals surface area contributed by atoms with Crippen LogP contribution in [-0.4, -0.2) is 54.6 Å². The Kier molecular flexibility index (Phi) is 10.1. The molecule has 1 N–H and O–H groups in total. The number of allylic oxidation sites excluding steroid dienone is 1. The Morgan fingerprint density at radius 2 is 1.82 bits per heavy atom. The first-order valence-electron chi connectivity index (χ1n) is 12.3. The van der Waals surface area contributed by atoms with Gasteiger partial charge in [-0.2, -0.15) is 0 Å². The Morgan fingerprint density at radius 3 is 2.47 bits per heavy atom. The van der Waals surface area contributed by atoms with Crippen LogP contribution in [0.1, 0.15) is 43.7 Å². The number of hydrogen-bond acceptors (Lipinski definition) is 9. The van der Waals surface area contributed by atoms with Crippen molar-refractivity contribution in [2.24, 2.45) is 10.9 Å². The molecule has 0 radical (unpaired) electrons. The number of aryl methyl sites for hydroxylation is 1. The molecular formula is C28H32N2O8. The lowest BCUT2D eigenvalue weighted by molar-refractivity contribution is -0.384. The Hall–Kier alpha value is -4.05. The SMILES string of the molecule is COC(=O)C1C(C)=NC(C)=C(C(=O)OCCCOc2ccc(CCCO)cc2)C1c1cccc([N+](=O)[O-])c1. The number of nitrogens with zero attached hydrogens (tertiary/aromatic N) is 2. The van der Waals surface area contributed by atoms with E-state index < -0.39 is 28.7 Å². The van der Waals surface area contributed by atoms with Gasteiger partial charge in [-0.3, -0.25) is 19.9 Å². The van der Waals surface area contributed by atoms with E-state index in [0.29, 0.717) is 42.2 Å². The van der Waals surface area contributed by atoms with Gasteiger partial charge in [-0.15, -0.1) is 0 Å². The lowest BCUT2D eigenvalue weighted by atomic mass is 9.75. The molecule has 0 saturated heterocycles. The van der Waals surface area contributed by atoms with Crippen molar-refractivity contribution < 1.29 is 33.8 Å². The maximum absolute atomic E-state index is 13.2. The van der Waals surface area contributed by atoms with Crippen LogP contribution in [0.5, 0.6) is 5.75 Å². The highest BCUT2D eigenvalue weighted by Crippen LogP contribution is 2.40. The van der Waals surface area contributed by atoms with Crippen molar-refractivity contribution in [2.75, 3.05) is 26.9 Å². The molecule has 1 aliphatic heterocycles. The quantitative estimate of drug-likeness (QED) is 0.189. The third-order valence-electron chi connectivity index (χ3n) is 6.28. The molecule has 202 valence electrons. The highest BCUT2D eigenvalue weighted by Gasteiger charge is 2.42. The van der Waals surface area contributed by atoms with E-state index in [1.807, 2.05) is 24.3 Å². The standard InChI is InChI=1S/C28H32N2O8/c1-18-24(27(32)36-3)26(21-8-4-9-22(17-21)30(34)35)25(19(2)29-18)28(33)38-16-6-15-37-23-12-10-20(11-13-23)7-5-14-31/h4,8-13,17,24,26,31H,5-7,14-16H2,1-3H3. The number of aliphatic imine (C=N–C) groups is 1. The summed E-state index contributed by atoms with van der Waals surface area (Å²) in [5.74, 6) is -2.36. The van der Waals surface area contributed by atoms with Crippen LogP contribution in [0.15, 0.2) is 64.8 Å². The van der Waals surface area contributed by atoms with Crippen LogP contribution >= 0.6 is 0 Å². The summed E-state index contributed by atoms with van der Waals surface area (Å²) < 4.78 is 16.2. The first-order chi connectivity index (χ1) is 18.3. The predicted molar refractivity (Wildman–Crippen MR) is 140 cm³/mol. The van der Waals surface area contributed by atoms with Crippen LogP contribution < -0.4 is 4.74 Å². The molecule has 0 saturated carbocycles. The van der Waals surface area contributed by atoms with Gasteiger partial charge in [-0.05, 0) is 49.9 Å². The van der Waals surface area contributed by atoms with Crippen LogP contribution in [-0.2, 0) is 25.5 Å². The molecule has 3 rings (SSSR count). The number of non-ortho nitro benzene ring substituents is 1. The summed E-state index contributed by atoms with van der Waals surface area (Å²) >= 11 is 0. The molecule has 1 heterocycles. The first kappa shape index (κ1) is 28.5. The molecule has 0 aliphatic carbocycles. The number of benzene rings is 2. The topological polar surface area (TPSA) is 138 Å². The Morgan fingerprint density at radius 1 is 1.08 bits per heavy atom. The molecule has 2 atom stereocenters. The molecule has 0 spiro atoms. The molecule has 1 aliphatic rings. The number of carbonyl (C=O) groups excluding carboxylic acids is 2. The second-order valence-electron chi connectivity index (χ2n) is 8.89.